The molecule has 0 radical (unpaired) electrons. The Morgan fingerprint density at radius 3 is 2.33 bits per heavy atom. The second kappa shape index (κ2) is 6.80. The summed E-state index contributed by atoms with van der Waals surface area (Å²) in [4.78, 5) is 0. The van der Waals surface area contributed by atoms with Crippen molar-refractivity contribution in [3.05, 3.63) is 11.9 Å². The lowest BCUT2D eigenvalue weighted by molar-refractivity contribution is -0.144. The molecule has 0 amide bonds. The van der Waals surface area contributed by atoms with Gasteiger partial charge in [-0.05, 0) is 18.9 Å². The van der Waals surface area contributed by atoms with Crippen molar-refractivity contribution in [2.75, 3.05) is 0 Å². The quantitative estimate of drug-likeness (QED) is 0.458. The molecular weight excluding hydrogens is 215 g/mol. The monoisotopic (exact) mass is 230 g/mol. The van der Waals surface area contributed by atoms with Gasteiger partial charge in [0.25, 0.3) is 0 Å². The zero-order valence-corrected chi connectivity index (χ0v) is 8.58. The second-order valence-electron chi connectivity index (χ2n) is 3.37. The molecule has 0 bridgehead atoms. The SMILES string of the molecule is CCCCCC=C(F)C(F)CC(F)(F)F. The highest BCUT2D eigenvalue weighted by atomic mass is 19.4. The molecule has 0 rings (SSSR count). The van der Waals surface area contributed by atoms with Gasteiger partial charge < -0.3 is 0 Å². The molecule has 5 heteroatoms. The molecule has 0 aromatic heterocycles. The minimum atomic E-state index is -4.66. The van der Waals surface area contributed by atoms with Gasteiger partial charge in [-0.2, -0.15) is 13.2 Å². The number of hydrogen-bond donors (Lipinski definition) is 0. The lowest BCUT2D eigenvalue weighted by Crippen LogP contribution is -2.16. The predicted octanol–water partition coefficient (Wildman–Crippen LogP) is 4.71. The number of hydrogen-bond acceptors (Lipinski definition) is 0. The lowest BCUT2D eigenvalue weighted by atomic mass is 10.1. The second-order valence-corrected chi connectivity index (χ2v) is 3.37. The fourth-order valence-corrected chi connectivity index (χ4v) is 1.06. The summed E-state index contributed by atoms with van der Waals surface area (Å²) in [5.74, 6) is -1.30. The molecule has 90 valence electrons. The van der Waals surface area contributed by atoms with Crippen LogP contribution in [0.1, 0.15) is 39.0 Å². The standard InChI is InChI=1S/C10H15F5/c1-2-3-4-5-6-8(11)9(12)7-10(13,14)15/h6,9H,2-5,7H2,1H3. The van der Waals surface area contributed by atoms with Crippen molar-refractivity contribution in [3.8, 4) is 0 Å². The zero-order chi connectivity index (χ0) is 11.9. The fourth-order valence-electron chi connectivity index (χ4n) is 1.06. The smallest absolute Gasteiger partial charge is 0.239 e. The average Bonchev–Trinajstić information content (AvgIpc) is 2.09. The lowest BCUT2D eigenvalue weighted by Gasteiger charge is -2.09. The average molecular weight is 230 g/mol. The summed E-state index contributed by atoms with van der Waals surface area (Å²) in [6.07, 6.45) is -5.30. The first-order valence-corrected chi connectivity index (χ1v) is 4.93. The van der Waals surface area contributed by atoms with Crippen LogP contribution < -0.4 is 0 Å². The zero-order valence-electron chi connectivity index (χ0n) is 8.58. The van der Waals surface area contributed by atoms with E-state index in [2.05, 4.69) is 0 Å². The highest BCUT2D eigenvalue weighted by Crippen LogP contribution is 2.27. The third-order valence-electron chi connectivity index (χ3n) is 1.86. The van der Waals surface area contributed by atoms with Crippen molar-refractivity contribution >= 4 is 0 Å². The molecular formula is C10H15F5. The van der Waals surface area contributed by atoms with Gasteiger partial charge in [-0.3, -0.25) is 0 Å². The van der Waals surface area contributed by atoms with Crippen LogP contribution in [-0.2, 0) is 0 Å². The summed E-state index contributed by atoms with van der Waals surface area (Å²) in [6, 6.07) is 0. The van der Waals surface area contributed by atoms with Gasteiger partial charge in [0.1, 0.15) is 5.83 Å². The molecule has 0 saturated heterocycles. The Bertz CT molecular complexity index is 194. The van der Waals surface area contributed by atoms with Gasteiger partial charge in [-0.15, -0.1) is 0 Å². The van der Waals surface area contributed by atoms with Crippen LogP contribution in [0.25, 0.3) is 0 Å². The molecule has 0 aromatic rings. The van der Waals surface area contributed by atoms with Crippen molar-refractivity contribution in [2.45, 2.75) is 51.4 Å². The third-order valence-corrected chi connectivity index (χ3v) is 1.86. The van der Waals surface area contributed by atoms with Gasteiger partial charge in [-0.1, -0.05) is 19.8 Å². The van der Waals surface area contributed by atoms with Crippen LogP contribution in [0.15, 0.2) is 11.9 Å². The van der Waals surface area contributed by atoms with Crippen LogP contribution in [0.3, 0.4) is 0 Å². The minimum Gasteiger partial charge on any atom is -0.239 e. The number of rotatable bonds is 6. The maximum atomic E-state index is 12.7. The summed E-state index contributed by atoms with van der Waals surface area (Å²) in [5.41, 5.74) is 0. The third kappa shape index (κ3) is 8.39. The first-order valence-electron chi connectivity index (χ1n) is 4.93. The van der Waals surface area contributed by atoms with Crippen molar-refractivity contribution in [1.29, 1.82) is 0 Å². The summed E-state index contributed by atoms with van der Waals surface area (Å²) in [7, 11) is 0. The highest BCUT2D eigenvalue weighted by Gasteiger charge is 2.33. The van der Waals surface area contributed by atoms with E-state index >= 15 is 0 Å². The summed E-state index contributed by atoms with van der Waals surface area (Å²) in [6.45, 7) is 1.95. The van der Waals surface area contributed by atoms with E-state index in [4.69, 9.17) is 0 Å². The van der Waals surface area contributed by atoms with E-state index in [0.29, 0.717) is 6.42 Å². The minimum absolute atomic E-state index is 0.290. The molecule has 0 spiro atoms. The molecule has 0 aliphatic rings. The Kier molecular flexibility index (Phi) is 6.52. The maximum absolute atomic E-state index is 12.7. The van der Waals surface area contributed by atoms with Gasteiger partial charge in [-0.25, -0.2) is 8.78 Å². The van der Waals surface area contributed by atoms with Crippen LogP contribution >= 0.6 is 0 Å². The number of allylic oxidation sites excluding steroid dienone is 2. The molecule has 0 saturated carbocycles. The summed E-state index contributed by atoms with van der Waals surface area (Å²) >= 11 is 0. The van der Waals surface area contributed by atoms with E-state index in [0.717, 1.165) is 18.9 Å². The van der Waals surface area contributed by atoms with Crippen molar-refractivity contribution in [2.24, 2.45) is 0 Å². The van der Waals surface area contributed by atoms with Crippen LogP contribution in [-0.4, -0.2) is 12.3 Å². The van der Waals surface area contributed by atoms with E-state index in [9.17, 15) is 22.0 Å². The summed E-state index contributed by atoms with van der Waals surface area (Å²) in [5, 5.41) is 0. The van der Waals surface area contributed by atoms with Crippen LogP contribution in [0.2, 0.25) is 0 Å². The normalized spacial score (nSPS) is 15.5. The number of halogens is 5. The van der Waals surface area contributed by atoms with E-state index in [1.807, 2.05) is 6.92 Å². The molecule has 0 nitrogen and oxygen atoms in total. The molecule has 1 atom stereocenters. The first-order chi connectivity index (χ1) is 6.87. The maximum Gasteiger partial charge on any atom is 0.392 e. The van der Waals surface area contributed by atoms with Crippen molar-refractivity contribution < 1.29 is 22.0 Å². The Labute approximate surface area is 86.2 Å². The van der Waals surface area contributed by atoms with Gasteiger partial charge in [0.2, 0.25) is 0 Å². The highest BCUT2D eigenvalue weighted by molar-refractivity contribution is 4.99. The van der Waals surface area contributed by atoms with Gasteiger partial charge >= 0.3 is 6.18 Å². The van der Waals surface area contributed by atoms with Crippen molar-refractivity contribution in [3.63, 3.8) is 0 Å². The largest absolute Gasteiger partial charge is 0.392 e. The Morgan fingerprint density at radius 1 is 1.27 bits per heavy atom. The number of alkyl halides is 4. The van der Waals surface area contributed by atoms with E-state index < -0.39 is 24.6 Å². The predicted molar refractivity (Wildman–Crippen MR) is 48.9 cm³/mol. The molecule has 0 heterocycles. The van der Waals surface area contributed by atoms with E-state index in [-0.39, 0.29) is 6.42 Å². The van der Waals surface area contributed by atoms with Gasteiger partial charge in [0.15, 0.2) is 6.17 Å². The Balaban J connectivity index is 3.91. The van der Waals surface area contributed by atoms with Gasteiger partial charge in [0.05, 0.1) is 6.42 Å². The number of unbranched alkanes of at least 4 members (excludes halogenated alkanes) is 3. The topological polar surface area (TPSA) is 0 Å². The van der Waals surface area contributed by atoms with Crippen LogP contribution in [0.5, 0.6) is 0 Å². The molecule has 15 heavy (non-hydrogen) atoms. The van der Waals surface area contributed by atoms with E-state index in [1.165, 1.54) is 0 Å². The molecule has 0 aromatic carbocycles. The van der Waals surface area contributed by atoms with Gasteiger partial charge in [0, 0.05) is 0 Å². The summed E-state index contributed by atoms with van der Waals surface area (Å²) < 4.78 is 60.4. The van der Waals surface area contributed by atoms with Crippen LogP contribution in [0, 0.1) is 0 Å². The van der Waals surface area contributed by atoms with E-state index in [1.54, 1.807) is 0 Å². The Hall–Kier alpha value is -0.610. The molecule has 0 fully saturated rings. The molecule has 0 aliphatic carbocycles. The molecule has 0 N–H and O–H groups in total. The fraction of sp³-hybridized carbons (Fsp3) is 0.800. The molecule has 0 aliphatic heterocycles. The van der Waals surface area contributed by atoms with Crippen molar-refractivity contribution in [1.82, 2.24) is 0 Å². The molecule has 1 unspecified atom stereocenters. The Morgan fingerprint density at radius 2 is 1.87 bits per heavy atom. The first kappa shape index (κ1) is 14.4. The van der Waals surface area contributed by atoms with Crippen LogP contribution in [0.4, 0.5) is 22.0 Å².